The predicted octanol–water partition coefficient (Wildman–Crippen LogP) is 7.84. The number of anilines is 1. The number of carbonyl (C=O) groups is 1. The zero-order valence-corrected chi connectivity index (χ0v) is 25.8. The molecule has 7 heteroatoms. The number of nitrogens with one attached hydrogen (secondary N) is 2. The van der Waals surface area contributed by atoms with Crippen LogP contribution in [0.1, 0.15) is 82.2 Å². The van der Waals surface area contributed by atoms with Crippen LogP contribution in [0.15, 0.2) is 54.6 Å². The minimum atomic E-state index is -0.573. The van der Waals surface area contributed by atoms with E-state index >= 15 is 0 Å². The summed E-state index contributed by atoms with van der Waals surface area (Å²) in [6, 6.07) is 15.6. The van der Waals surface area contributed by atoms with Gasteiger partial charge in [-0.1, -0.05) is 77.9 Å². The largest absolute Gasteiger partial charge is 0.507 e. The number of hydrogen-bond donors (Lipinski definition) is 3. The fourth-order valence-electron chi connectivity index (χ4n) is 5.59. The van der Waals surface area contributed by atoms with Crippen LogP contribution in [0.2, 0.25) is 0 Å². The van der Waals surface area contributed by atoms with Gasteiger partial charge in [-0.3, -0.25) is 4.90 Å². The van der Waals surface area contributed by atoms with Gasteiger partial charge in [-0.2, -0.15) is 0 Å². The van der Waals surface area contributed by atoms with E-state index in [4.69, 9.17) is 0 Å². The molecule has 3 N–H and O–H groups in total. The normalized spacial score (nSPS) is 15.0. The zero-order chi connectivity index (χ0) is 30.7. The van der Waals surface area contributed by atoms with Crippen molar-refractivity contribution in [2.45, 2.75) is 90.6 Å². The first-order valence-electron chi connectivity index (χ1n) is 14.9. The fourth-order valence-corrected chi connectivity index (χ4v) is 5.59. The van der Waals surface area contributed by atoms with Gasteiger partial charge in [0.25, 0.3) is 0 Å². The van der Waals surface area contributed by atoms with Gasteiger partial charge in [0.1, 0.15) is 17.4 Å². The Morgan fingerprint density at radius 2 is 1.50 bits per heavy atom. The van der Waals surface area contributed by atoms with E-state index in [0.29, 0.717) is 17.9 Å². The Bertz CT molecular complexity index is 1370. The van der Waals surface area contributed by atoms with Gasteiger partial charge in [-0.15, -0.1) is 0 Å². The van der Waals surface area contributed by atoms with Crippen LogP contribution in [0, 0.1) is 11.6 Å². The van der Waals surface area contributed by atoms with Crippen molar-refractivity contribution in [3.63, 3.8) is 0 Å². The van der Waals surface area contributed by atoms with Crippen molar-refractivity contribution in [1.29, 1.82) is 0 Å². The number of halogens is 2. The summed E-state index contributed by atoms with van der Waals surface area (Å²) < 4.78 is 27.3. The molecule has 3 aromatic rings. The standard InChI is InChI=1S/C35H45F2N3O2/c1-34(2,3)28-19-23(20-29(32(28)41)35(4,5)6)11-12-24-9-7-8-10-31(24)39-33(42)38-27-15-17-40(18-16-27)22-25-13-14-26(36)21-30(25)37/h7-10,13-14,19-21,27,41H,11-12,15-18,22H2,1-6H3,(H2,38,39,42). The number of rotatable bonds is 7. The van der Waals surface area contributed by atoms with E-state index in [0.717, 1.165) is 72.8 Å². The summed E-state index contributed by atoms with van der Waals surface area (Å²) in [5.41, 5.74) is 4.99. The average Bonchev–Trinajstić information content (AvgIpc) is 2.90. The van der Waals surface area contributed by atoms with E-state index in [9.17, 15) is 18.7 Å². The molecule has 0 radical (unpaired) electrons. The molecule has 0 spiro atoms. The highest BCUT2D eigenvalue weighted by molar-refractivity contribution is 5.90. The zero-order valence-electron chi connectivity index (χ0n) is 25.8. The second-order valence-electron chi connectivity index (χ2n) is 13.6. The van der Waals surface area contributed by atoms with E-state index in [1.165, 1.54) is 12.1 Å². The van der Waals surface area contributed by atoms with Crippen LogP contribution in [-0.2, 0) is 30.2 Å². The molecule has 1 aliphatic rings. The third kappa shape index (κ3) is 8.09. The lowest BCUT2D eigenvalue weighted by molar-refractivity contribution is 0.188. The Balaban J connectivity index is 1.35. The number of aromatic hydroxyl groups is 1. The summed E-state index contributed by atoms with van der Waals surface area (Å²) in [5.74, 6) is -0.717. The van der Waals surface area contributed by atoms with Gasteiger partial charge < -0.3 is 15.7 Å². The number of para-hydroxylation sites is 1. The summed E-state index contributed by atoms with van der Waals surface area (Å²) in [6.07, 6.45) is 3.03. The number of likely N-dealkylation sites (tertiary alicyclic amines) is 1. The topological polar surface area (TPSA) is 64.6 Å². The van der Waals surface area contributed by atoms with Crippen LogP contribution in [-0.4, -0.2) is 35.2 Å². The van der Waals surface area contributed by atoms with E-state index in [2.05, 4.69) is 69.2 Å². The van der Waals surface area contributed by atoms with E-state index in [-0.39, 0.29) is 22.9 Å². The number of carbonyl (C=O) groups excluding carboxylic acids is 1. The maximum absolute atomic E-state index is 14.0. The van der Waals surface area contributed by atoms with E-state index in [1.54, 1.807) is 0 Å². The molecule has 0 atom stereocenters. The number of nitrogens with zero attached hydrogens (tertiary/aromatic N) is 1. The number of phenols is 1. The molecule has 1 aliphatic heterocycles. The lowest BCUT2D eigenvalue weighted by Crippen LogP contribution is -2.45. The number of benzene rings is 3. The lowest BCUT2D eigenvalue weighted by Gasteiger charge is -2.32. The van der Waals surface area contributed by atoms with Crippen molar-refractivity contribution in [3.8, 4) is 5.75 Å². The molecule has 1 heterocycles. The summed E-state index contributed by atoms with van der Waals surface area (Å²) in [4.78, 5) is 15.1. The smallest absolute Gasteiger partial charge is 0.319 e. The van der Waals surface area contributed by atoms with Gasteiger partial charge in [-0.25, -0.2) is 13.6 Å². The summed E-state index contributed by atoms with van der Waals surface area (Å²) in [6.45, 7) is 14.6. The molecule has 1 fully saturated rings. The monoisotopic (exact) mass is 577 g/mol. The van der Waals surface area contributed by atoms with Crippen molar-refractivity contribution in [2.24, 2.45) is 0 Å². The second kappa shape index (κ2) is 12.8. The van der Waals surface area contributed by atoms with Crippen molar-refractivity contribution in [2.75, 3.05) is 18.4 Å². The van der Waals surface area contributed by atoms with E-state index < -0.39 is 11.6 Å². The quantitative estimate of drug-likeness (QED) is 0.268. The number of urea groups is 1. The third-order valence-corrected chi connectivity index (χ3v) is 8.07. The molecule has 0 aliphatic carbocycles. The van der Waals surface area contributed by atoms with Crippen molar-refractivity contribution >= 4 is 11.7 Å². The van der Waals surface area contributed by atoms with Gasteiger partial charge >= 0.3 is 6.03 Å². The van der Waals surface area contributed by atoms with Crippen LogP contribution < -0.4 is 10.6 Å². The Morgan fingerprint density at radius 3 is 2.10 bits per heavy atom. The molecule has 1 saturated heterocycles. The number of hydrogen-bond acceptors (Lipinski definition) is 3. The molecule has 0 unspecified atom stereocenters. The SMILES string of the molecule is CC(C)(C)c1cc(CCc2ccccc2NC(=O)NC2CCN(Cc3ccc(F)cc3F)CC2)cc(C(C)(C)C)c1O. The highest BCUT2D eigenvalue weighted by Crippen LogP contribution is 2.40. The maximum Gasteiger partial charge on any atom is 0.319 e. The van der Waals surface area contributed by atoms with Gasteiger partial charge in [0.15, 0.2) is 0 Å². The molecule has 0 bridgehead atoms. The second-order valence-corrected chi connectivity index (χ2v) is 13.6. The van der Waals surface area contributed by atoms with Crippen molar-refractivity contribution < 1.29 is 18.7 Å². The number of aryl methyl sites for hydroxylation is 2. The van der Waals surface area contributed by atoms with Crippen LogP contribution >= 0.6 is 0 Å². The fraction of sp³-hybridized carbons (Fsp3) is 0.457. The number of piperidine rings is 1. The lowest BCUT2D eigenvalue weighted by atomic mass is 9.78. The predicted molar refractivity (Wildman–Crippen MR) is 166 cm³/mol. The summed E-state index contributed by atoms with van der Waals surface area (Å²) >= 11 is 0. The van der Waals surface area contributed by atoms with Gasteiger partial charge in [0.2, 0.25) is 0 Å². The Hall–Kier alpha value is -3.45. The Morgan fingerprint density at radius 1 is 0.881 bits per heavy atom. The van der Waals surface area contributed by atoms with Crippen LogP contribution in [0.25, 0.3) is 0 Å². The first-order chi connectivity index (χ1) is 19.7. The van der Waals surface area contributed by atoms with Crippen LogP contribution in [0.3, 0.4) is 0 Å². The molecule has 226 valence electrons. The molecular formula is C35H45F2N3O2. The number of phenolic OH excluding ortho intramolecular Hbond substituents is 1. The molecule has 0 saturated carbocycles. The van der Waals surface area contributed by atoms with Crippen molar-refractivity contribution in [1.82, 2.24) is 10.2 Å². The first-order valence-corrected chi connectivity index (χ1v) is 14.9. The average molecular weight is 578 g/mol. The molecule has 4 rings (SSSR count). The molecule has 5 nitrogen and oxygen atoms in total. The highest BCUT2D eigenvalue weighted by Gasteiger charge is 2.27. The van der Waals surface area contributed by atoms with E-state index in [1.807, 2.05) is 24.3 Å². The van der Waals surface area contributed by atoms with Gasteiger partial charge in [0.05, 0.1) is 0 Å². The molecule has 2 amide bonds. The maximum atomic E-state index is 14.0. The van der Waals surface area contributed by atoms with Gasteiger partial charge in [-0.05, 0) is 70.9 Å². The summed E-state index contributed by atoms with van der Waals surface area (Å²) in [7, 11) is 0. The molecule has 3 aromatic carbocycles. The third-order valence-electron chi connectivity index (χ3n) is 8.07. The van der Waals surface area contributed by atoms with Crippen LogP contribution in [0.5, 0.6) is 5.75 Å². The van der Waals surface area contributed by atoms with Crippen LogP contribution in [0.4, 0.5) is 19.3 Å². The summed E-state index contributed by atoms with van der Waals surface area (Å²) in [5, 5.41) is 17.2. The van der Waals surface area contributed by atoms with Crippen molar-refractivity contribution in [3.05, 3.63) is 94.0 Å². The molecular weight excluding hydrogens is 532 g/mol. The Kier molecular flexibility index (Phi) is 9.61. The minimum Gasteiger partial charge on any atom is -0.507 e. The van der Waals surface area contributed by atoms with Gasteiger partial charge in [0, 0.05) is 43.0 Å². The minimum absolute atomic E-state index is 0.0233. The molecule has 42 heavy (non-hydrogen) atoms. The Labute approximate surface area is 249 Å². The highest BCUT2D eigenvalue weighted by atomic mass is 19.1. The molecule has 0 aromatic heterocycles. The number of amides is 2. The first kappa shape index (κ1) is 31.5.